The van der Waals surface area contributed by atoms with E-state index in [-0.39, 0.29) is 10.8 Å². The molecular weight excluding hydrogens is 516 g/mol. The van der Waals surface area contributed by atoms with E-state index in [2.05, 4.69) is 4.90 Å². The van der Waals surface area contributed by atoms with Crippen LogP contribution in [0.5, 0.6) is 0 Å². The van der Waals surface area contributed by atoms with Gasteiger partial charge in [0.25, 0.3) is 5.91 Å². The molecule has 0 atom stereocenters. The summed E-state index contributed by atoms with van der Waals surface area (Å²) in [4.78, 5) is 22.4. The summed E-state index contributed by atoms with van der Waals surface area (Å²) in [5.74, 6) is -0.199. The second kappa shape index (κ2) is 11.6. The minimum Gasteiger partial charge on any atom is -0.309 e. The number of benzene rings is 2. The molecule has 36 heavy (non-hydrogen) atoms. The van der Waals surface area contributed by atoms with E-state index < -0.39 is 10.0 Å². The van der Waals surface area contributed by atoms with Gasteiger partial charge in [-0.25, -0.2) is 13.4 Å². The predicted octanol–water partition coefficient (Wildman–Crippen LogP) is 5.42. The maximum absolute atomic E-state index is 13.7. The van der Waals surface area contributed by atoms with Crippen LogP contribution in [0.2, 0.25) is 5.02 Å². The van der Waals surface area contributed by atoms with Crippen LogP contribution < -0.4 is 4.90 Å². The molecule has 0 saturated carbocycles. The highest BCUT2D eigenvalue weighted by molar-refractivity contribution is 7.89. The molecule has 3 aromatic rings. The normalized spacial score (nSPS) is 15.4. The number of halogens is 1. The van der Waals surface area contributed by atoms with Crippen LogP contribution in [0.15, 0.2) is 41.3 Å². The fourth-order valence-electron chi connectivity index (χ4n) is 4.44. The van der Waals surface area contributed by atoms with Gasteiger partial charge in [0.05, 0.1) is 15.1 Å². The highest BCUT2D eigenvalue weighted by atomic mass is 35.5. The first-order chi connectivity index (χ1) is 17.2. The number of carbonyl (C=O) groups is 1. The van der Waals surface area contributed by atoms with E-state index in [0.29, 0.717) is 35.4 Å². The summed E-state index contributed by atoms with van der Waals surface area (Å²) in [6.07, 6.45) is 4.65. The Kier molecular flexibility index (Phi) is 8.67. The summed E-state index contributed by atoms with van der Waals surface area (Å²) in [5.41, 5.74) is 2.23. The van der Waals surface area contributed by atoms with E-state index in [1.165, 1.54) is 11.3 Å². The monoisotopic (exact) mass is 548 g/mol. The molecule has 0 bridgehead atoms. The lowest BCUT2D eigenvalue weighted by Gasteiger charge is -2.22. The number of amides is 1. The van der Waals surface area contributed by atoms with E-state index in [0.717, 1.165) is 54.4 Å². The Morgan fingerprint density at radius 1 is 1.06 bits per heavy atom. The van der Waals surface area contributed by atoms with Crippen molar-refractivity contribution < 1.29 is 13.2 Å². The van der Waals surface area contributed by atoms with E-state index in [9.17, 15) is 13.2 Å². The Morgan fingerprint density at radius 2 is 1.72 bits per heavy atom. The van der Waals surface area contributed by atoms with Gasteiger partial charge in [0.15, 0.2) is 5.13 Å². The molecule has 194 valence electrons. The first kappa shape index (κ1) is 27.0. The van der Waals surface area contributed by atoms with Gasteiger partial charge < -0.3 is 4.90 Å². The van der Waals surface area contributed by atoms with Gasteiger partial charge in [-0.1, -0.05) is 35.8 Å². The van der Waals surface area contributed by atoms with Crippen LogP contribution in [0.25, 0.3) is 10.2 Å². The van der Waals surface area contributed by atoms with Crippen molar-refractivity contribution in [3.63, 3.8) is 0 Å². The second-order valence-corrected chi connectivity index (χ2v) is 12.9. The molecule has 7 nitrogen and oxygen atoms in total. The van der Waals surface area contributed by atoms with Gasteiger partial charge in [0, 0.05) is 30.2 Å². The van der Waals surface area contributed by atoms with Crippen LogP contribution in [-0.4, -0.2) is 68.8 Å². The molecule has 2 heterocycles. The Morgan fingerprint density at radius 3 is 2.36 bits per heavy atom. The summed E-state index contributed by atoms with van der Waals surface area (Å²) < 4.78 is 28.8. The number of nitrogens with zero attached hydrogens (tertiary/aromatic N) is 4. The molecule has 0 unspecified atom stereocenters. The second-order valence-electron chi connectivity index (χ2n) is 9.52. The average Bonchev–Trinajstić information content (AvgIpc) is 3.06. The standard InChI is InChI=1S/C26H33ClN4O3S2/c1-19-17-21(27)18-23-24(19)28-26(35-23)31(16-8-13-29(2)3)25(32)20-9-11-22(12-10-20)36(33,34)30-14-6-4-5-7-15-30/h9-12,17-18H,4-8,13-16H2,1-3H3. The van der Waals surface area contributed by atoms with Crippen molar-refractivity contribution >= 4 is 54.2 Å². The molecule has 1 aliphatic rings. The lowest BCUT2D eigenvalue weighted by atomic mass is 10.2. The summed E-state index contributed by atoms with van der Waals surface area (Å²) in [5, 5.41) is 1.25. The number of hydrogen-bond acceptors (Lipinski definition) is 6. The number of rotatable bonds is 8. The molecule has 1 aliphatic heterocycles. The Hall–Kier alpha value is -2.04. The third-order valence-corrected chi connectivity index (χ3v) is 9.56. The SMILES string of the molecule is Cc1cc(Cl)cc2sc(N(CCCN(C)C)C(=O)c3ccc(S(=O)(=O)N4CCCCCC4)cc3)nc12. The lowest BCUT2D eigenvalue weighted by Crippen LogP contribution is -2.34. The predicted molar refractivity (Wildman–Crippen MR) is 148 cm³/mol. The molecular formula is C26H33ClN4O3S2. The molecule has 2 aromatic carbocycles. The fraction of sp³-hybridized carbons (Fsp3) is 0.462. The van der Waals surface area contributed by atoms with Gasteiger partial charge in [-0.15, -0.1) is 0 Å². The average molecular weight is 549 g/mol. The van der Waals surface area contributed by atoms with E-state index >= 15 is 0 Å². The lowest BCUT2D eigenvalue weighted by molar-refractivity contribution is 0.0986. The Bertz CT molecular complexity index is 1310. The maximum Gasteiger partial charge on any atom is 0.260 e. The number of aryl methyl sites for hydroxylation is 1. The van der Waals surface area contributed by atoms with Gasteiger partial charge >= 0.3 is 0 Å². The van der Waals surface area contributed by atoms with Gasteiger partial charge in [-0.3, -0.25) is 9.69 Å². The van der Waals surface area contributed by atoms with Crippen molar-refractivity contribution in [2.45, 2.75) is 43.9 Å². The van der Waals surface area contributed by atoms with Crippen LogP contribution in [0.4, 0.5) is 5.13 Å². The number of fused-ring (bicyclic) bond motifs is 1. The fourth-order valence-corrected chi connectivity index (χ4v) is 7.41. The first-order valence-electron chi connectivity index (χ1n) is 12.3. The summed E-state index contributed by atoms with van der Waals surface area (Å²) in [6.45, 7) is 4.37. The largest absolute Gasteiger partial charge is 0.309 e. The molecule has 1 aromatic heterocycles. The molecule has 1 saturated heterocycles. The molecule has 0 aliphatic carbocycles. The number of sulfonamides is 1. The zero-order valence-corrected chi connectivity index (χ0v) is 23.4. The molecule has 1 fully saturated rings. The summed E-state index contributed by atoms with van der Waals surface area (Å²) >= 11 is 7.68. The third-order valence-electron chi connectivity index (χ3n) is 6.41. The van der Waals surface area contributed by atoms with Crippen LogP contribution in [0.1, 0.15) is 48.0 Å². The maximum atomic E-state index is 13.7. The summed E-state index contributed by atoms with van der Waals surface area (Å²) in [6, 6.07) is 10.1. The topological polar surface area (TPSA) is 73.8 Å². The van der Waals surface area contributed by atoms with Crippen molar-refractivity contribution in [1.29, 1.82) is 0 Å². The smallest absolute Gasteiger partial charge is 0.260 e. The number of thiazole rings is 1. The van der Waals surface area contributed by atoms with Crippen molar-refractivity contribution in [2.24, 2.45) is 0 Å². The number of anilines is 1. The highest BCUT2D eigenvalue weighted by Gasteiger charge is 2.26. The molecule has 0 N–H and O–H groups in total. The minimum absolute atomic E-state index is 0.199. The van der Waals surface area contributed by atoms with Crippen molar-refractivity contribution in [3.05, 3.63) is 52.5 Å². The number of hydrogen-bond donors (Lipinski definition) is 0. The van der Waals surface area contributed by atoms with Gasteiger partial charge in [-0.2, -0.15) is 4.31 Å². The van der Waals surface area contributed by atoms with Crippen molar-refractivity contribution in [1.82, 2.24) is 14.2 Å². The van der Waals surface area contributed by atoms with Gasteiger partial charge in [0.2, 0.25) is 10.0 Å². The van der Waals surface area contributed by atoms with Crippen LogP contribution in [0, 0.1) is 6.92 Å². The first-order valence-corrected chi connectivity index (χ1v) is 14.9. The Balaban J connectivity index is 1.61. The van der Waals surface area contributed by atoms with Gasteiger partial charge in [0.1, 0.15) is 0 Å². The van der Waals surface area contributed by atoms with E-state index in [1.807, 2.05) is 33.2 Å². The van der Waals surface area contributed by atoms with Crippen LogP contribution >= 0.6 is 22.9 Å². The van der Waals surface area contributed by atoms with Crippen molar-refractivity contribution in [2.75, 3.05) is 45.2 Å². The molecule has 0 radical (unpaired) electrons. The zero-order valence-electron chi connectivity index (χ0n) is 21.0. The Labute approximate surface area is 222 Å². The van der Waals surface area contributed by atoms with Gasteiger partial charge in [-0.05, 0) is 88.8 Å². The summed E-state index contributed by atoms with van der Waals surface area (Å²) in [7, 11) is 0.427. The zero-order chi connectivity index (χ0) is 25.9. The molecule has 0 spiro atoms. The van der Waals surface area contributed by atoms with E-state index in [1.54, 1.807) is 33.5 Å². The molecule has 10 heteroatoms. The highest BCUT2D eigenvalue weighted by Crippen LogP contribution is 2.34. The number of carbonyl (C=O) groups excluding carboxylic acids is 1. The van der Waals surface area contributed by atoms with Crippen LogP contribution in [0.3, 0.4) is 0 Å². The van der Waals surface area contributed by atoms with Crippen LogP contribution in [-0.2, 0) is 10.0 Å². The van der Waals surface area contributed by atoms with E-state index in [4.69, 9.17) is 16.6 Å². The molecule has 4 rings (SSSR count). The number of aromatic nitrogens is 1. The van der Waals surface area contributed by atoms with Crippen molar-refractivity contribution in [3.8, 4) is 0 Å². The third kappa shape index (κ3) is 6.08. The minimum atomic E-state index is -3.57. The quantitative estimate of drug-likeness (QED) is 0.376. The molecule has 1 amide bonds.